The van der Waals surface area contributed by atoms with Crippen molar-refractivity contribution in [1.29, 1.82) is 0 Å². The minimum Gasteiger partial charge on any atom is -0.311 e. The first kappa shape index (κ1) is 20.1. The average Bonchev–Trinajstić information content (AvgIpc) is 2.35. The molecule has 132 valence electrons. The lowest BCUT2D eigenvalue weighted by Gasteiger charge is -2.05. The lowest BCUT2D eigenvalue weighted by atomic mass is 10.4. The second-order valence-electron chi connectivity index (χ2n) is 4.33. The predicted molar refractivity (Wildman–Crippen MR) is 74.1 cm³/mol. The van der Waals surface area contributed by atoms with Crippen LogP contribution in [0.25, 0.3) is 0 Å². The van der Waals surface area contributed by atoms with Crippen LogP contribution in [0, 0.1) is 13.8 Å². The summed E-state index contributed by atoms with van der Waals surface area (Å²) in [5.74, 6) is 0.0477. The largest absolute Gasteiger partial charge is 0.433 e. The van der Waals surface area contributed by atoms with Gasteiger partial charge in [0.25, 0.3) is 5.56 Å². The third kappa shape index (κ3) is 6.26. The molecule has 2 heterocycles. The van der Waals surface area contributed by atoms with Crippen molar-refractivity contribution in [3.63, 3.8) is 0 Å². The summed E-state index contributed by atoms with van der Waals surface area (Å²) in [5.41, 5.74) is -2.89. The number of aryl methyl sites for hydroxylation is 2. The van der Waals surface area contributed by atoms with Gasteiger partial charge in [0.15, 0.2) is 5.69 Å². The van der Waals surface area contributed by atoms with E-state index in [4.69, 9.17) is 0 Å². The first-order valence-corrected chi connectivity index (χ1v) is 6.82. The molecule has 12 heteroatoms. The van der Waals surface area contributed by atoms with Crippen molar-refractivity contribution in [3.05, 3.63) is 50.1 Å². The molecule has 2 aromatic rings. The molecule has 2 aromatic heterocycles. The second-order valence-corrected chi connectivity index (χ2v) is 5.15. The molecule has 0 amide bonds. The summed E-state index contributed by atoms with van der Waals surface area (Å²) >= 11 is 2.85. The van der Waals surface area contributed by atoms with E-state index < -0.39 is 29.3 Å². The standard InChI is InChI=1S/C6H4BrF3N2.C6H5F3N2O/c1-3-11-4(6(8,9)10)2-5(7)12-3;1-3-10-4(6(7,8)9)2-5(12)11-3/h2H,1H3;2H,1H3,(H,10,11,12). The van der Waals surface area contributed by atoms with Crippen molar-refractivity contribution in [3.8, 4) is 0 Å². The van der Waals surface area contributed by atoms with Gasteiger partial charge in [0, 0.05) is 12.1 Å². The fraction of sp³-hybridized carbons (Fsp3) is 0.333. The van der Waals surface area contributed by atoms with E-state index in [1.807, 2.05) is 0 Å². The molecule has 0 fully saturated rings. The van der Waals surface area contributed by atoms with Crippen molar-refractivity contribution < 1.29 is 26.3 Å². The lowest BCUT2D eigenvalue weighted by molar-refractivity contribution is -0.142. The molecule has 0 atom stereocenters. The van der Waals surface area contributed by atoms with Crippen LogP contribution in [0.4, 0.5) is 26.3 Å². The average molecular weight is 419 g/mol. The Morgan fingerprint density at radius 1 is 0.917 bits per heavy atom. The number of nitrogens with zero attached hydrogens (tertiary/aromatic N) is 3. The van der Waals surface area contributed by atoms with Crippen LogP contribution in [-0.4, -0.2) is 19.9 Å². The van der Waals surface area contributed by atoms with Crippen LogP contribution < -0.4 is 5.56 Å². The summed E-state index contributed by atoms with van der Waals surface area (Å²) in [5, 5.41) is 0. The zero-order valence-corrected chi connectivity index (χ0v) is 13.6. The van der Waals surface area contributed by atoms with Crippen molar-refractivity contribution in [2.24, 2.45) is 0 Å². The topological polar surface area (TPSA) is 71.5 Å². The van der Waals surface area contributed by atoms with Gasteiger partial charge in [-0.15, -0.1) is 0 Å². The molecule has 0 radical (unpaired) electrons. The highest BCUT2D eigenvalue weighted by Gasteiger charge is 2.33. The summed E-state index contributed by atoms with van der Waals surface area (Å²) in [4.78, 5) is 22.7. The maximum atomic E-state index is 12.0. The van der Waals surface area contributed by atoms with Gasteiger partial charge in [0.1, 0.15) is 21.9 Å². The van der Waals surface area contributed by atoms with E-state index in [-0.39, 0.29) is 16.3 Å². The minimum absolute atomic E-state index is 0.0465. The number of aromatic amines is 1. The Balaban J connectivity index is 0.000000240. The minimum atomic E-state index is -4.56. The summed E-state index contributed by atoms with van der Waals surface area (Å²) in [6.45, 7) is 2.69. The monoisotopic (exact) mass is 418 g/mol. The SMILES string of the molecule is Cc1nc(Br)cc(C(F)(F)F)n1.Cc1nc(C(F)(F)F)cc(=O)[nH]1. The normalized spacial score (nSPS) is 11.7. The number of aromatic nitrogens is 4. The maximum Gasteiger partial charge on any atom is 0.433 e. The van der Waals surface area contributed by atoms with Crippen molar-refractivity contribution in [1.82, 2.24) is 19.9 Å². The molecule has 24 heavy (non-hydrogen) atoms. The zero-order chi connectivity index (χ0) is 18.7. The van der Waals surface area contributed by atoms with Gasteiger partial charge in [-0.25, -0.2) is 15.0 Å². The highest BCUT2D eigenvalue weighted by atomic mass is 79.9. The van der Waals surface area contributed by atoms with Crippen molar-refractivity contribution in [2.75, 3.05) is 0 Å². The molecule has 0 bridgehead atoms. The molecule has 0 aromatic carbocycles. The maximum absolute atomic E-state index is 12.0. The van der Waals surface area contributed by atoms with Gasteiger partial charge in [0.2, 0.25) is 0 Å². The molecule has 0 aliphatic carbocycles. The van der Waals surface area contributed by atoms with E-state index in [9.17, 15) is 31.1 Å². The van der Waals surface area contributed by atoms with Crippen LogP contribution in [-0.2, 0) is 12.4 Å². The molecule has 5 nitrogen and oxygen atoms in total. The molecule has 0 aliphatic heterocycles. The highest BCUT2D eigenvalue weighted by molar-refractivity contribution is 9.10. The number of halogens is 7. The Kier molecular flexibility index (Phi) is 6.09. The van der Waals surface area contributed by atoms with Gasteiger partial charge < -0.3 is 4.98 Å². The smallest absolute Gasteiger partial charge is 0.311 e. The Labute approximate surface area is 139 Å². The predicted octanol–water partition coefficient (Wildman–Crippen LogP) is 3.66. The van der Waals surface area contributed by atoms with Gasteiger partial charge in [-0.05, 0) is 29.8 Å². The quantitative estimate of drug-likeness (QED) is 0.523. The lowest BCUT2D eigenvalue weighted by Crippen LogP contribution is -2.16. The molecule has 0 saturated carbocycles. The van der Waals surface area contributed by atoms with Gasteiger partial charge in [-0.2, -0.15) is 26.3 Å². The van der Waals surface area contributed by atoms with Crippen LogP contribution in [0.2, 0.25) is 0 Å². The fourth-order valence-corrected chi connectivity index (χ4v) is 1.87. The van der Waals surface area contributed by atoms with E-state index in [1.54, 1.807) is 0 Å². The van der Waals surface area contributed by atoms with Crippen LogP contribution >= 0.6 is 15.9 Å². The van der Waals surface area contributed by atoms with Crippen LogP contribution in [0.1, 0.15) is 23.0 Å². The number of rotatable bonds is 0. The second kappa shape index (κ2) is 7.28. The van der Waals surface area contributed by atoms with E-state index in [1.165, 1.54) is 13.8 Å². The Bertz CT molecular complexity index is 751. The number of nitrogens with one attached hydrogen (secondary N) is 1. The Morgan fingerprint density at radius 2 is 1.42 bits per heavy atom. The Morgan fingerprint density at radius 3 is 1.83 bits per heavy atom. The van der Waals surface area contributed by atoms with Crippen LogP contribution in [0.15, 0.2) is 21.5 Å². The summed E-state index contributed by atoms with van der Waals surface area (Å²) in [6.07, 6.45) is -8.96. The zero-order valence-electron chi connectivity index (χ0n) is 12.1. The summed E-state index contributed by atoms with van der Waals surface area (Å²) in [7, 11) is 0. The Hall–Kier alpha value is -1.98. The molecular weight excluding hydrogens is 410 g/mol. The molecule has 0 saturated heterocycles. The third-order valence-electron chi connectivity index (χ3n) is 2.25. The summed E-state index contributed by atoms with van der Waals surface area (Å²) < 4.78 is 72.0. The van der Waals surface area contributed by atoms with Gasteiger partial charge >= 0.3 is 12.4 Å². The molecule has 0 unspecified atom stereocenters. The van der Waals surface area contributed by atoms with Gasteiger partial charge in [0.05, 0.1) is 0 Å². The number of hydrogen-bond donors (Lipinski definition) is 1. The molecular formula is C12H9BrF6N4O. The van der Waals surface area contributed by atoms with E-state index in [0.29, 0.717) is 6.07 Å². The molecule has 0 spiro atoms. The van der Waals surface area contributed by atoms with E-state index in [0.717, 1.165) is 6.07 Å². The highest BCUT2D eigenvalue weighted by Crippen LogP contribution is 2.28. The van der Waals surface area contributed by atoms with Crippen molar-refractivity contribution >= 4 is 15.9 Å². The van der Waals surface area contributed by atoms with Gasteiger partial charge in [-0.3, -0.25) is 4.79 Å². The summed E-state index contributed by atoms with van der Waals surface area (Å²) in [6, 6.07) is 1.26. The van der Waals surface area contributed by atoms with Crippen molar-refractivity contribution in [2.45, 2.75) is 26.2 Å². The molecule has 0 aliphatic rings. The number of hydrogen-bond acceptors (Lipinski definition) is 4. The van der Waals surface area contributed by atoms with Crippen LogP contribution in [0.3, 0.4) is 0 Å². The first-order valence-electron chi connectivity index (χ1n) is 6.02. The molecule has 2 rings (SSSR count). The van der Waals surface area contributed by atoms with E-state index >= 15 is 0 Å². The number of alkyl halides is 6. The number of H-pyrrole nitrogens is 1. The van der Waals surface area contributed by atoms with Crippen LogP contribution in [0.5, 0.6) is 0 Å². The third-order valence-corrected chi connectivity index (χ3v) is 2.65. The van der Waals surface area contributed by atoms with E-state index in [2.05, 4.69) is 35.9 Å². The fourth-order valence-electron chi connectivity index (χ4n) is 1.40. The van der Waals surface area contributed by atoms with Gasteiger partial charge in [-0.1, -0.05) is 0 Å². The first-order chi connectivity index (χ1) is 10.8. The molecule has 1 N–H and O–H groups in total.